The third-order valence-electron chi connectivity index (χ3n) is 3.72. The molecule has 0 aliphatic carbocycles. The van der Waals surface area contributed by atoms with Crippen LogP contribution in [0.5, 0.6) is 0 Å². The van der Waals surface area contributed by atoms with Gasteiger partial charge in [-0.3, -0.25) is 9.59 Å². The van der Waals surface area contributed by atoms with Crippen LogP contribution in [-0.2, 0) is 21.1 Å². The molecule has 0 spiro atoms. The van der Waals surface area contributed by atoms with E-state index in [2.05, 4.69) is 5.32 Å². The Balaban J connectivity index is 2.94. The zero-order valence-electron chi connectivity index (χ0n) is 14.5. The first-order chi connectivity index (χ1) is 11.1. The number of aryl methyl sites for hydroxylation is 1. The van der Waals surface area contributed by atoms with Crippen molar-refractivity contribution in [2.45, 2.75) is 38.5 Å². The molecule has 0 saturated carbocycles. The maximum atomic E-state index is 12.2. The zero-order chi connectivity index (χ0) is 18.5. The van der Waals surface area contributed by atoms with E-state index in [9.17, 15) is 23.1 Å². The normalized spacial score (nSPS) is 12.9. The average Bonchev–Trinajstić information content (AvgIpc) is 2.48. The van der Waals surface area contributed by atoms with Crippen molar-refractivity contribution in [1.29, 1.82) is 0 Å². The van der Waals surface area contributed by atoms with Crippen LogP contribution in [0.4, 0.5) is 0 Å². The van der Waals surface area contributed by atoms with Gasteiger partial charge >= 0.3 is 5.97 Å². The van der Waals surface area contributed by atoms with Gasteiger partial charge in [0.05, 0.1) is 10.8 Å². The van der Waals surface area contributed by atoms with Gasteiger partial charge in [-0.25, -0.2) is 8.42 Å². The highest BCUT2D eigenvalue weighted by molar-refractivity contribution is 7.90. The number of carboxylic acid groups (broad SMARTS) is 1. The maximum Gasteiger partial charge on any atom is 0.308 e. The SMILES string of the molecule is CCc1ccc(C(=O)NCC(CC(C)C)C(=O)O)cc1S(C)(=O)=O. The van der Waals surface area contributed by atoms with Crippen LogP contribution in [0, 0.1) is 11.8 Å². The largest absolute Gasteiger partial charge is 0.481 e. The minimum atomic E-state index is -3.44. The molecule has 134 valence electrons. The maximum absolute atomic E-state index is 12.2. The summed E-state index contributed by atoms with van der Waals surface area (Å²) in [5.41, 5.74) is 0.860. The fraction of sp³-hybridized carbons (Fsp3) is 0.529. The van der Waals surface area contributed by atoms with Crippen LogP contribution in [0.2, 0.25) is 0 Å². The van der Waals surface area contributed by atoms with Gasteiger partial charge in [-0.2, -0.15) is 0 Å². The molecule has 24 heavy (non-hydrogen) atoms. The highest BCUT2D eigenvalue weighted by Gasteiger charge is 2.21. The molecule has 1 aromatic carbocycles. The Morgan fingerprint density at radius 2 is 1.88 bits per heavy atom. The molecule has 0 aromatic heterocycles. The van der Waals surface area contributed by atoms with Crippen LogP contribution in [0.25, 0.3) is 0 Å². The smallest absolute Gasteiger partial charge is 0.308 e. The fourth-order valence-electron chi connectivity index (χ4n) is 2.49. The Morgan fingerprint density at radius 1 is 1.25 bits per heavy atom. The van der Waals surface area contributed by atoms with Crippen molar-refractivity contribution in [3.63, 3.8) is 0 Å². The fourth-order valence-corrected chi connectivity index (χ4v) is 3.52. The Labute approximate surface area is 143 Å². The number of sulfone groups is 1. The van der Waals surface area contributed by atoms with Crippen LogP contribution >= 0.6 is 0 Å². The summed E-state index contributed by atoms with van der Waals surface area (Å²) < 4.78 is 23.7. The van der Waals surface area contributed by atoms with Gasteiger partial charge < -0.3 is 10.4 Å². The van der Waals surface area contributed by atoms with Gasteiger partial charge in [-0.05, 0) is 36.5 Å². The number of benzene rings is 1. The number of hydrogen-bond acceptors (Lipinski definition) is 4. The lowest BCUT2D eigenvalue weighted by molar-refractivity contribution is -0.142. The first-order valence-electron chi connectivity index (χ1n) is 7.90. The van der Waals surface area contributed by atoms with E-state index >= 15 is 0 Å². The van der Waals surface area contributed by atoms with Gasteiger partial charge in [0.15, 0.2) is 9.84 Å². The van der Waals surface area contributed by atoms with E-state index in [-0.39, 0.29) is 22.9 Å². The van der Waals surface area contributed by atoms with Crippen LogP contribution in [-0.4, -0.2) is 38.2 Å². The summed E-state index contributed by atoms with van der Waals surface area (Å²) in [6.07, 6.45) is 2.10. The molecule has 1 unspecified atom stereocenters. The van der Waals surface area contributed by atoms with Gasteiger partial charge in [0.25, 0.3) is 5.91 Å². The minimum Gasteiger partial charge on any atom is -0.481 e. The van der Waals surface area contributed by atoms with E-state index in [1.807, 2.05) is 20.8 Å². The molecule has 0 radical (unpaired) electrons. The summed E-state index contributed by atoms with van der Waals surface area (Å²) in [7, 11) is -3.44. The first kappa shape index (κ1) is 20.2. The predicted octanol–water partition coefficient (Wildman–Crippen LogP) is 2.13. The molecule has 6 nitrogen and oxygen atoms in total. The number of carbonyl (C=O) groups excluding carboxylic acids is 1. The Morgan fingerprint density at radius 3 is 2.33 bits per heavy atom. The molecule has 1 atom stereocenters. The van der Waals surface area contributed by atoms with E-state index in [1.165, 1.54) is 6.07 Å². The van der Waals surface area contributed by atoms with Crippen molar-refractivity contribution in [2.24, 2.45) is 11.8 Å². The topological polar surface area (TPSA) is 101 Å². The molecule has 0 fully saturated rings. The number of rotatable bonds is 8. The predicted molar refractivity (Wildman–Crippen MR) is 91.8 cm³/mol. The van der Waals surface area contributed by atoms with E-state index in [0.717, 1.165) is 6.26 Å². The lowest BCUT2D eigenvalue weighted by atomic mass is 9.97. The molecule has 0 aliphatic heterocycles. The van der Waals surface area contributed by atoms with Crippen molar-refractivity contribution in [3.8, 4) is 0 Å². The number of carboxylic acids is 1. The summed E-state index contributed by atoms with van der Waals surface area (Å²) in [4.78, 5) is 23.6. The quantitative estimate of drug-likeness (QED) is 0.744. The first-order valence-corrected chi connectivity index (χ1v) is 9.79. The number of hydrogen-bond donors (Lipinski definition) is 2. The zero-order valence-corrected chi connectivity index (χ0v) is 15.3. The molecule has 1 aromatic rings. The number of amides is 1. The number of carbonyl (C=O) groups is 2. The van der Waals surface area contributed by atoms with Gasteiger partial charge in [0.1, 0.15) is 0 Å². The van der Waals surface area contributed by atoms with Gasteiger partial charge in [-0.1, -0.05) is 26.8 Å². The van der Waals surface area contributed by atoms with Gasteiger partial charge in [0.2, 0.25) is 0 Å². The van der Waals surface area contributed by atoms with Crippen molar-refractivity contribution in [2.75, 3.05) is 12.8 Å². The molecule has 1 rings (SSSR count). The summed E-state index contributed by atoms with van der Waals surface area (Å²) in [5.74, 6) is -1.90. The lowest BCUT2D eigenvalue weighted by Crippen LogP contribution is -2.33. The molecule has 1 amide bonds. The van der Waals surface area contributed by atoms with Crippen LogP contribution in [0.15, 0.2) is 23.1 Å². The Hall–Kier alpha value is -1.89. The Kier molecular flexibility index (Phi) is 6.95. The summed E-state index contributed by atoms with van der Waals surface area (Å²) in [6.45, 7) is 5.68. The third kappa shape index (κ3) is 5.63. The van der Waals surface area contributed by atoms with Crippen LogP contribution < -0.4 is 5.32 Å². The highest BCUT2D eigenvalue weighted by Crippen LogP contribution is 2.19. The van der Waals surface area contributed by atoms with Gasteiger partial charge in [0, 0.05) is 18.4 Å². The molecular formula is C17H25NO5S. The van der Waals surface area contributed by atoms with E-state index in [0.29, 0.717) is 18.4 Å². The molecule has 0 saturated heterocycles. The lowest BCUT2D eigenvalue weighted by Gasteiger charge is -2.16. The van der Waals surface area contributed by atoms with E-state index in [4.69, 9.17) is 0 Å². The summed E-state index contributed by atoms with van der Waals surface area (Å²) >= 11 is 0. The second-order valence-corrected chi connectivity index (χ2v) is 8.31. The molecule has 0 bridgehead atoms. The number of nitrogens with one attached hydrogen (secondary N) is 1. The summed E-state index contributed by atoms with van der Waals surface area (Å²) in [6, 6.07) is 4.52. The van der Waals surface area contributed by atoms with Crippen molar-refractivity contribution in [1.82, 2.24) is 5.32 Å². The molecule has 0 aliphatic rings. The van der Waals surface area contributed by atoms with Crippen LogP contribution in [0.1, 0.15) is 43.1 Å². The standard InChI is InChI=1S/C17H25NO5S/c1-5-12-6-7-13(9-15(12)24(4,22)23)16(19)18-10-14(17(20)21)8-11(2)3/h6-7,9,11,14H,5,8,10H2,1-4H3,(H,18,19)(H,20,21). The Bertz CT molecular complexity index is 710. The monoisotopic (exact) mass is 355 g/mol. The third-order valence-corrected chi connectivity index (χ3v) is 4.90. The number of aliphatic carboxylic acids is 1. The second kappa shape index (κ2) is 8.28. The van der Waals surface area contributed by atoms with E-state index in [1.54, 1.807) is 12.1 Å². The second-order valence-electron chi connectivity index (χ2n) is 6.32. The average molecular weight is 355 g/mol. The molecule has 0 heterocycles. The van der Waals surface area contributed by atoms with Crippen molar-refractivity contribution >= 4 is 21.7 Å². The molecular weight excluding hydrogens is 330 g/mol. The van der Waals surface area contributed by atoms with E-state index < -0.39 is 27.6 Å². The van der Waals surface area contributed by atoms with Crippen LogP contribution in [0.3, 0.4) is 0 Å². The minimum absolute atomic E-state index is 0.0100. The van der Waals surface area contributed by atoms with Gasteiger partial charge in [-0.15, -0.1) is 0 Å². The van der Waals surface area contributed by atoms with Crippen molar-refractivity contribution in [3.05, 3.63) is 29.3 Å². The molecule has 2 N–H and O–H groups in total. The van der Waals surface area contributed by atoms with Crippen molar-refractivity contribution < 1.29 is 23.1 Å². The summed E-state index contributed by atoms with van der Waals surface area (Å²) in [5, 5.41) is 11.8. The molecule has 7 heteroatoms. The highest BCUT2D eigenvalue weighted by atomic mass is 32.2.